The lowest BCUT2D eigenvalue weighted by molar-refractivity contribution is -0.120. The van der Waals surface area contributed by atoms with Crippen molar-refractivity contribution in [3.05, 3.63) is 58.7 Å². The normalized spacial score (nSPS) is 14.6. The van der Waals surface area contributed by atoms with Crippen molar-refractivity contribution in [1.29, 1.82) is 0 Å². The van der Waals surface area contributed by atoms with Crippen LogP contribution in [0.15, 0.2) is 42.6 Å². The Morgan fingerprint density at radius 3 is 2.77 bits per heavy atom. The Morgan fingerprint density at radius 1 is 1.32 bits per heavy atom. The van der Waals surface area contributed by atoms with Gasteiger partial charge in [0.15, 0.2) is 0 Å². The third-order valence-electron chi connectivity index (χ3n) is 3.67. The second-order valence-corrected chi connectivity index (χ2v) is 5.55. The van der Waals surface area contributed by atoms with E-state index < -0.39 is 6.04 Å². The number of rotatable bonds is 3. The first-order valence-corrected chi connectivity index (χ1v) is 7.25. The molecule has 5 nitrogen and oxygen atoms in total. The molecule has 1 N–H and O–H groups in total. The molecule has 0 saturated carbocycles. The second kappa shape index (κ2) is 5.77. The summed E-state index contributed by atoms with van der Waals surface area (Å²) in [6, 6.07) is 10.1. The van der Waals surface area contributed by atoms with Gasteiger partial charge in [0.25, 0.3) is 5.91 Å². The molecular weight excluding hydrogens is 302 g/mol. The molecule has 6 heteroatoms. The SMILES string of the molecule is CC(C(=O)Nc1ccc(Cl)cn1)N1Cc2ccccc2C1=O. The summed E-state index contributed by atoms with van der Waals surface area (Å²) >= 11 is 5.76. The maximum absolute atomic E-state index is 12.4. The topological polar surface area (TPSA) is 62.3 Å². The lowest BCUT2D eigenvalue weighted by Gasteiger charge is -2.23. The molecule has 0 radical (unpaired) electrons. The Hall–Kier alpha value is -2.40. The standard InChI is InChI=1S/C16H14ClN3O2/c1-10(15(21)19-14-7-6-12(17)8-18-14)20-9-11-4-2-3-5-13(11)16(20)22/h2-8,10H,9H2,1H3,(H,18,19,21). The van der Waals surface area contributed by atoms with Gasteiger partial charge in [-0.3, -0.25) is 9.59 Å². The minimum atomic E-state index is -0.586. The van der Waals surface area contributed by atoms with Gasteiger partial charge >= 0.3 is 0 Å². The average Bonchev–Trinajstić information content (AvgIpc) is 2.86. The molecule has 0 spiro atoms. The minimum Gasteiger partial charge on any atom is -0.323 e. The number of fused-ring (bicyclic) bond motifs is 1. The maximum atomic E-state index is 12.4. The van der Waals surface area contributed by atoms with Crippen LogP contribution in [0.5, 0.6) is 0 Å². The number of nitrogens with zero attached hydrogens (tertiary/aromatic N) is 2. The Bertz CT molecular complexity index is 730. The smallest absolute Gasteiger partial charge is 0.255 e. The molecule has 0 saturated heterocycles. The minimum absolute atomic E-state index is 0.123. The van der Waals surface area contributed by atoms with Crippen LogP contribution in [-0.4, -0.2) is 27.7 Å². The van der Waals surface area contributed by atoms with Crippen molar-refractivity contribution in [3.8, 4) is 0 Å². The van der Waals surface area contributed by atoms with Gasteiger partial charge in [0.1, 0.15) is 11.9 Å². The van der Waals surface area contributed by atoms with Gasteiger partial charge in [-0.25, -0.2) is 4.98 Å². The second-order valence-electron chi connectivity index (χ2n) is 5.12. The van der Waals surface area contributed by atoms with Gasteiger partial charge < -0.3 is 10.2 Å². The van der Waals surface area contributed by atoms with E-state index >= 15 is 0 Å². The molecule has 0 bridgehead atoms. The third-order valence-corrected chi connectivity index (χ3v) is 3.90. The molecule has 3 rings (SSSR count). The molecule has 2 aromatic rings. The van der Waals surface area contributed by atoms with Crippen LogP contribution in [0, 0.1) is 0 Å². The first kappa shape index (κ1) is 14.5. The predicted octanol–water partition coefficient (Wildman–Crippen LogP) is 2.72. The van der Waals surface area contributed by atoms with Crippen molar-refractivity contribution in [1.82, 2.24) is 9.88 Å². The van der Waals surface area contributed by atoms with E-state index in [1.54, 1.807) is 30.0 Å². The largest absolute Gasteiger partial charge is 0.323 e. The summed E-state index contributed by atoms with van der Waals surface area (Å²) in [5.74, 6) is 0.00343. The van der Waals surface area contributed by atoms with Crippen LogP contribution < -0.4 is 5.32 Å². The van der Waals surface area contributed by atoms with Gasteiger partial charge in [-0.2, -0.15) is 0 Å². The zero-order chi connectivity index (χ0) is 15.7. The quantitative estimate of drug-likeness (QED) is 0.947. The van der Waals surface area contributed by atoms with Gasteiger partial charge in [-0.05, 0) is 30.7 Å². The summed E-state index contributed by atoms with van der Waals surface area (Å²) in [6.45, 7) is 2.15. The molecule has 1 atom stereocenters. The van der Waals surface area contributed by atoms with Gasteiger partial charge in [-0.1, -0.05) is 29.8 Å². The number of amides is 2. The molecule has 112 valence electrons. The number of anilines is 1. The number of hydrogen-bond acceptors (Lipinski definition) is 3. The lowest BCUT2D eigenvalue weighted by atomic mass is 10.1. The fraction of sp³-hybridized carbons (Fsp3) is 0.188. The van der Waals surface area contributed by atoms with E-state index in [1.807, 2.05) is 18.2 Å². The van der Waals surface area contributed by atoms with E-state index in [2.05, 4.69) is 10.3 Å². The van der Waals surface area contributed by atoms with Gasteiger partial charge in [-0.15, -0.1) is 0 Å². The summed E-state index contributed by atoms with van der Waals surface area (Å²) < 4.78 is 0. The first-order chi connectivity index (χ1) is 10.6. The van der Waals surface area contributed by atoms with Gasteiger partial charge in [0.05, 0.1) is 5.02 Å². The van der Waals surface area contributed by atoms with E-state index in [0.717, 1.165) is 5.56 Å². The van der Waals surface area contributed by atoms with Gasteiger partial charge in [0.2, 0.25) is 5.91 Å². The van der Waals surface area contributed by atoms with Crippen molar-refractivity contribution in [3.63, 3.8) is 0 Å². The highest BCUT2D eigenvalue weighted by Gasteiger charge is 2.33. The van der Waals surface area contributed by atoms with Crippen LogP contribution >= 0.6 is 11.6 Å². The van der Waals surface area contributed by atoms with Crippen molar-refractivity contribution in [2.75, 3.05) is 5.32 Å². The number of benzene rings is 1. The number of halogens is 1. The summed E-state index contributed by atoms with van der Waals surface area (Å²) in [7, 11) is 0. The fourth-order valence-electron chi connectivity index (χ4n) is 2.41. The zero-order valence-corrected chi connectivity index (χ0v) is 12.7. The van der Waals surface area contributed by atoms with E-state index in [4.69, 9.17) is 11.6 Å². The molecule has 1 unspecified atom stereocenters. The number of carbonyl (C=O) groups excluding carboxylic acids is 2. The number of pyridine rings is 1. The summed E-state index contributed by atoms with van der Waals surface area (Å²) in [5.41, 5.74) is 1.60. The molecule has 1 aliphatic heterocycles. The molecule has 2 heterocycles. The number of aromatic nitrogens is 1. The molecule has 1 aromatic carbocycles. The van der Waals surface area contributed by atoms with E-state index in [0.29, 0.717) is 22.9 Å². The molecule has 0 fully saturated rings. The van der Waals surface area contributed by atoms with E-state index in [9.17, 15) is 9.59 Å². The third kappa shape index (κ3) is 2.67. The molecule has 0 aliphatic carbocycles. The molecule has 2 amide bonds. The summed E-state index contributed by atoms with van der Waals surface area (Å²) in [6.07, 6.45) is 1.46. The number of carbonyl (C=O) groups is 2. The van der Waals surface area contributed by atoms with Crippen LogP contribution in [0.4, 0.5) is 5.82 Å². The van der Waals surface area contributed by atoms with E-state index in [-0.39, 0.29) is 11.8 Å². The Balaban J connectivity index is 1.72. The average molecular weight is 316 g/mol. The Labute approximate surface area is 132 Å². The summed E-state index contributed by atoms with van der Waals surface area (Å²) in [4.78, 5) is 30.2. The van der Waals surface area contributed by atoms with Crippen molar-refractivity contribution in [2.24, 2.45) is 0 Å². The van der Waals surface area contributed by atoms with Crippen molar-refractivity contribution < 1.29 is 9.59 Å². The van der Waals surface area contributed by atoms with Gasteiger partial charge in [0, 0.05) is 18.3 Å². The fourth-order valence-corrected chi connectivity index (χ4v) is 2.52. The first-order valence-electron chi connectivity index (χ1n) is 6.87. The van der Waals surface area contributed by atoms with Crippen molar-refractivity contribution in [2.45, 2.75) is 19.5 Å². The molecule has 1 aromatic heterocycles. The number of nitrogens with one attached hydrogen (secondary N) is 1. The monoisotopic (exact) mass is 315 g/mol. The lowest BCUT2D eigenvalue weighted by Crippen LogP contribution is -2.42. The predicted molar refractivity (Wildman–Crippen MR) is 83.7 cm³/mol. The van der Waals surface area contributed by atoms with Crippen molar-refractivity contribution >= 4 is 29.2 Å². The number of hydrogen-bond donors (Lipinski definition) is 1. The molecular formula is C16H14ClN3O2. The highest BCUT2D eigenvalue weighted by Crippen LogP contribution is 2.24. The van der Waals surface area contributed by atoms with Crippen LogP contribution in [-0.2, 0) is 11.3 Å². The Morgan fingerprint density at radius 2 is 2.09 bits per heavy atom. The highest BCUT2D eigenvalue weighted by molar-refractivity contribution is 6.30. The highest BCUT2D eigenvalue weighted by atomic mass is 35.5. The van der Waals surface area contributed by atoms with Crippen LogP contribution in [0.25, 0.3) is 0 Å². The van der Waals surface area contributed by atoms with E-state index in [1.165, 1.54) is 6.20 Å². The maximum Gasteiger partial charge on any atom is 0.255 e. The van der Waals surface area contributed by atoms with Crippen LogP contribution in [0.2, 0.25) is 5.02 Å². The summed E-state index contributed by atoms with van der Waals surface area (Å²) in [5, 5.41) is 3.19. The van der Waals surface area contributed by atoms with Crippen LogP contribution in [0.3, 0.4) is 0 Å². The molecule has 1 aliphatic rings. The Kier molecular flexibility index (Phi) is 3.81. The van der Waals surface area contributed by atoms with Crippen LogP contribution in [0.1, 0.15) is 22.8 Å². The molecule has 22 heavy (non-hydrogen) atoms. The zero-order valence-electron chi connectivity index (χ0n) is 11.9.